The fourth-order valence-electron chi connectivity index (χ4n) is 2.03. The Morgan fingerprint density at radius 2 is 2.35 bits per heavy atom. The van der Waals surface area contributed by atoms with E-state index in [0.29, 0.717) is 0 Å². The summed E-state index contributed by atoms with van der Waals surface area (Å²) in [5.74, 6) is -0.269. The summed E-state index contributed by atoms with van der Waals surface area (Å²) in [6.45, 7) is 1.66. The molecule has 0 aromatic carbocycles. The first-order valence-electron chi connectivity index (χ1n) is 5.66. The van der Waals surface area contributed by atoms with E-state index < -0.39 is 10.6 Å². The minimum atomic E-state index is -0.663. The van der Waals surface area contributed by atoms with Gasteiger partial charge in [0.2, 0.25) is 11.1 Å². The van der Waals surface area contributed by atoms with Crippen LogP contribution in [0.3, 0.4) is 0 Å². The standard InChI is InChI=1S/C11H10ClN3O4S/c1-6(16)20-7-4-9(17)14(5-7)8-2-3-13-11(12)10(8)15(18)19/h2-3,7H,4-5H2,1H3. The molecule has 1 aliphatic rings. The van der Waals surface area contributed by atoms with Gasteiger partial charge in [0, 0.05) is 31.3 Å². The van der Waals surface area contributed by atoms with Gasteiger partial charge in [-0.25, -0.2) is 4.98 Å². The lowest BCUT2D eigenvalue weighted by Gasteiger charge is -2.16. The zero-order chi connectivity index (χ0) is 14.9. The van der Waals surface area contributed by atoms with E-state index in [0.717, 1.165) is 11.8 Å². The molecule has 1 aromatic heterocycles. The number of amides is 1. The van der Waals surface area contributed by atoms with Gasteiger partial charge in [-0.2, -0.15) is 0 Å². The molecule has 7 nitrogen and oxygen atoms in total. The van der Waals surface area contributed by atoms with Crippen LogP contribution >= 0.6 is 23.4 Å². The zero-order valence-electron chi connectivity index (χ0n) is 10.4. The Kier molecular flexibility index (Phi) is 4.24. The monoisotopic (exact) mass is 315 g/mol. The van der Waals surface area contributed by atoms with Crippen LogP contribution in [0.25, 0.3) is 0 Å². The normalized spacial score (nSPS) is 18.4. The van der Waals surface area contributed by atoms with Gasteiger partial charge in [-0.05, 0) is 6.07 Å². The molecule has 1 aromatic rings. The van der Waals surface area contributed by atoms with E-state index in [1.165, 1.54) is 24.1 Å². The Morgan fingerprint density at radius 1 is 1.65 bits per heavy atom. The van der Waals surface area contributed by atoms with Crippen molar-refractivity contribution in [3.8, 4) is 0 Å². The molecule has 9 heteroatoms. The SMILES string of the molecule is CC(=O)SC1CC(=O)N(c2ccnc(Cl)c2[N+](=O)[O-])C1. The van der Waals surface area contributed by atoms with Crippen LogP contribution in [0, 0.1) is 10.1 Å². The van der Waals surface area contributed by atoms with Crippen LogP contribution in [0.4, 0.5) is 11.4 Å². The number of halogens is 1. The molecule has 0 bridgehead atoms. The van der Waals surface area contributed by atoms with Crippen molar-refractivity contribution in [2.24, 2.45) is 0 Å². The number of hydrogen-bond donors (Lipinski definition) is 0. The van der Waals surface area contributed by atoms with Crippen molar-refractivity contribution in [3.63, 3.8) is 0 Å². The van der Waals surface area contributed by atoms with Gasteiger partial charge < -0.3 is 4.90 Å². The lowest BCUT2D eigenvalue weighted by molar-refractivity contribution is -0.384. The Hall–Kier alpha value is -1.67. The summed E-state index contributed by atoms with van der Waals surface area (Å²) in [6, 6.07) is 1.38. The van der Waals surface area contributed by atoms with Crippen LogP contribution in [0.5, 0.6) is 0 Å². The van der Waals surface area contributed by atoms with E-state index >= 15 is 0 Å². The average molecular weight is 316 g/mol. The lowest BCUT2D eigenvalue weighted by atomic mass is 10.3. The summed E-state index contributed by atoms with van der Waals surface area (Å²) in [5.41, 5.74) is -0.275. The molecule has 106 valence electrons. The summed E-state index contributed by atoms with van der Waals surface area (Å²) in [7, 11) is 0. The molecule has 0 radical (unpaired) electrons. The quantitative estimate of drug-likeness (QED) is 0.481. The van der Waals surface area contributed by atoms with Gasteiger partial charge in [0.1, 0.15) is 5.69 Å². The van der Waals surface area contributed by atoms with Crippen LogP contribution in [0.2, 0.25) is 5.15 Å². The maximum absolute atomic E-state index is 12.0. The van der Waals surface area contributed by atoms with Crippen molar-refractivity contribution < 1.29 is 14.5 Å². The van der Waals surface area contributed by atoms with Gasteiger partial charge >= 0.3 is 5.69 Å². The highest BCUT2D eigenvalue weighted by atomic mass is 35.5. The molecule has 0 N–H and O–H groups in total. The van der Waals surface area contributed by atoms with Crippen molar-refractivity contribution in [1.29, 1.82) is 0 Å². The summed E-state index contributed by atoms with van der Waals surface area (Å²) in [6.07, 6.45) is 1.48. The Balaban J connectivity index is 2.33. The average Bonchev–Trinajstić information content (AvgIpc) is 2.68. The van der Waals surface area contributed by atoms with Gasteiger partial charge in [-0.15, -0.1) is 0 Å². The fraction of sp³-hybridized carbons (Fsp3) is 0.364. The van der Waals surface area contributed by atoms with Crippen LogP contribution in [0.15, 0.2) is 12.3 Å². The summed E-state index contributed by atoms with van der Waals surface area (Å²) >= 11 is 6.78. The summed E-state index contributed by atoms with van der Waals surface area (Å²) < 4.78 is 0. The number of rotatable bonds is 3. The maximum atomic E-state index is 12.0. The van der Waals surface area contributed by atoms with Crippen molar-refractivity contribution in [2.45, 2.75) is 18.6 Å². The molecule has 0 spiro atoms. The summed E-state index contributed by atoms with van der Waals surface area (Å²) in [4.78, 5) is 38.4. The minimum absolute atomic E-state index is 0.0908. The molecule has 1 unspecified atom stereocenters. The smallest absolute Gasteiger partial charge is 0.305 e. The number of anilines is 1. The number of carbonyl (C=O) groups is 2. The number of pyridine rings is 1. The molecule has 1 amide bonds. The highest BCUT2D eigenvalue weighted by Crippen LogP contribution is 2.37. The third-order valence-corrected chi connectivity index (χ3v) is 4.01. The van der Waals surface area contributed by atoms with Gasteiger partial charge in [0.05, 0.1) is 4.92 Å². The number of nitro groups is 1. The molecule has 1 saturated heterocycles. The molecule has 2 heterocycles. The number of carbonyl (C=O) groups excluding carboxylic acids is 2. The highest BCUT2D eigenvalue weighted by Gasteiger charge is 2.36. The second kappa shape index (κ2) is 5.76. The molecule has 1 aliphatic heterocycles. The molecule has 0 saturated carbocycles. The van der Waals surface area contributed by atoms with Crippen molar-refractivity contribution in [1.82, 2.24) is 4.98 Å². The third-order valence-electron chi connectivity index (χ3n) is 2.75. The first-order chi connectivity index (χ1) is 9.40. The third kappa shape index (κ3) is 2.91. The van der Waals surface area contributed by atoms with E-state index in [-0.39, 0.29) is 40.1 Å². The molecular weight excluding hydrogens is 306 g/mol. The topological polar surface area (TPSA) is 93.4 Å². The molecule has 1 fully saturated rings. The number of hydrogen-bond acceptors (Lipinski definition) is 6. The molecular formula is C11H10ClN3O4S. The van der Waals surface area contributed by atoms with Gasteiger partial charge in [-0.1, -0.05) is 23.4 Å². The van der Waals surface area contributed by atoms with Gasteiger partial charge in [-0.3, -0.25) is 19.7 Å². The zero-order valence-corrected chi connectivity index (χ0v) is 12.0. The minimum Gasteiger partial charge on any atom is -0.305 e. The van der Waals surface area contributed by atoms with E-state index in [4.69, 9.17) is 11.6 Å². The largest absolute Gasteiger partial charge is 0.329 e. The van der Waals surface area contributed by atoms with E-state index in [1.807, 2.05) is 0 Å². The number of thioether (sulfide) groups is 1. The van der Waals surface area contributed by atoms with Crippen molar-refractivity contribution >= 4 is 45.8 Å². The van der Waals surface area contributed by atoms with E-state index in [2.05, 4.69) is 4.98 Å². The van der Waals surface area contributed by atoms with Crippen LogP contribution in [0.1, 0.15) is 13.3 Å². The van der Waals surface area contributed by atoms with Crippen molar-refractivity contribution in [3.05, 3.63) is 27.5 Å². The molecule has 2 rings (SSSR count). The number of nitrogens with zero attached hydrogens (tertiary/aromatic N) is 3. The van der Waals surface area contributed by atoms with Crippen LogP contribution in [-0.4, -0.2) is 32.7 Å². The van der Waals surface area contributed by atoms with Crippen LogP contribution < -0.4 is 4.90 Å². The van der Waals surface area contributed by atoms with Gasteiger partial charge in [0.25, 0.3) is 0 Å². The second-order valence-electron chi connectivity index (χ2n) is 4.17. The molecule has 0 aliphatic carbocycles. The van der Waals surface area contributed by atoms with E-state index in [1.54, 1.807) is 0 Å². The predicted molar refractivity (Wildman–Crippen MR) is 74.9 cm³/mol. The van der Waals surface area contributed by atoms with Crippen LogP contribution in [-0.2, 0) is 9.59 Å². The fourth-order valence-corrected chi connectivity index (χ4v) is 3.17. The summed E-state index contributed by atoms with van der Waals surface area (Å²) in [5, 5.41) is 10.5. The van der Waals surface area contributed by atoms with Gasteiger partial charge in [0.15, 0.2) is 5.12 Å². The van der Waals surface area contributed by atoms with E-state index in [9.17, 15) is 19.7 Å². The Morgan fingerprint density at radius 3 is 2.95 bits per heavy atom. The maximum Gasteiger partial charge on any atom is 0.329 e. The Labute approximate surface area is 123 Å². The first kappa shape index (κ1) is 14.7. The molecule has 1 atom stereocenters. The molecule has 20 heavy (non-hydrogen) atoms. The number of aromatic nitrogens is 1. The highest BCUT2D eigenvalue weighted by molar-refractivity contribution is 8.14. The van der Waals surface area contributed by atoms with Crippen molar-refractivity contribution in [2.75, 3.05) is 11.4 Å². The Bertz CT molecular complexity index is 595. The second-order valence-corrected chi connectivity index (χ2v) is 6.00. The first-order valence-corrected chi connectivity index (χ1v) is 6.92. The lowest BCUT2D eigenvalue weighted by Crippen LogP contribution is -2.26. The predicted octanol–water partition coefficient (Wildman–Crippen LogP) is 2.03.